The number of pyridine rings is 1. The molecule has 0 atom stereocenters. The van der Waals surface area contributed by atoms with Gasteiger partial charge in [0, 0.05) is 6.20 Å². The average Bonchev–Trinajstić information content (AvgIpc) is 2.38. The molecule has 0 N–H and O–H groups in total. The van der Waals surface area contributed by atoms with E-state index in [1.807, 2.05) is 24.4 Å². The summed E-state index contributed by atoms with van der Waals surface area (Å²) in [6.45, 7) is 6.57. The van der Waals surface area contributed by atoms with Gasteiger partial charge in [0.15, 0.2) is 0 Å². The molecule has 0 spiro atoms. The van der Waals surface area contributed by atoms with Crippen molar-refractivity contribution in [2.24, 2.45) is 10.9 Å². The Morgan fingerprint density at radius 1 is 1.16 bits per heavy atom. The Morgan fingerprint density at radius 2 is 2.00 bits per heavy atom. The Morgan fingerprint density at radius 3 is 2.68 bits per heavy atom. The maximum Gasteiger partial charge on any atom is 0.0812 e. The standard InChI is InChI=1S/C17H20N2/c1-13(2)11-15-8-6-7-14(3)17(15)19-12-16-9-4-5-10-18-16/h4-10,12-13H,11H2,1-3H3. The molecule has 19 heavy (non-hydrogen) atoms. The highest BCUT2D eigenvalue weighted by molar-refractivity contribution is 5.80. The number of aryl methyl sites for hydroxylation is 1. The summed E-state index contributed by atoms with van der Waals surface area (Å²) in [4.78, 5) is 8.91. The summed E-state index contributed by atoms with van der Waals surface area (Å²) in [7, 11) is 0. The molecule has 2 aromatic rings. The number of benzene rings is 1. The normalized spacial score (nSPS) is 11.4. The van der Waals surface area contributed by atoms with E-state index in [-0.39, 0.29) is 0 Å². The van der Waals surface area contributed by atoms with Gasteiger partial charge >= 0.3 is 0 Å². The van der Waals surface area contributed by atoms with E-state index >= 15 is 0 Å². The van der Waals surface area contributed by atoms with Crippen molar-refractivity contribution >= 4 is 11.9 Å². The molecule has 0 aliphatic carbocycles. The fourth-order valence-corrected chi connectivity index (χ4v) is 2.09. The van der Waals surface area contributed by atoms with Crippen molar-refractivity contribution in [2.45, 2.75) is 27.2 Å². The van der Waals surface area contributed by atoms with E-state index in [0.29, 0.717) is 5.92 Å². The predicted octanol–water partition coefficient (Wildman–Crippen LogP) is 4.34. The van der Waals surface area contributed by atoms with Crippen molar-refractivity contribution in [3.8, 4) is 0 Å². The van der Waals surface area contributed by atoms with Gasteiger partial charge in [-0.15, -0.1) is 0 Å². The first-order valence-corrected chi connectivity index (χ1v) is 6.70. The van der Waals surface area contributed by atoms with Crippen LogP contribution in [-0.4, -0.2) is 11.2 Å². The second kappa shape index (κ2) is 6.28. The Kier molecular flexibility index (Phi) is 4.45. The van der Waals surface area contributed by atoms with E-state index in [1.54, 1.807) is 6.20 Å². The molecule has 1 aromatic carbocycles. The van der Waals surface area contributed by atoms with Crippen LogP contribution in [0.5, 0.6) is 0 Å². The highest BCUT2D eigenvalue weighted by Gasteiger charge is 2.06. The summed E-state index contributed by atoms with van der Waals surface area (Å²) < 4.78 is 0. The molecule has 98 valence electrons. The molecule has 2 rings (SSSR count). The number of para-hydroxylation sites is 1. The van der Waals surface area contributed by atoms with E-state index in [1.165, 1.54) is 11.1 Å². The van der Waals surface area contributed by atoms with Crippen LogP contribution in [0.2, 0.25) is 0 Å². The number of aromatic nitrogens is 1. The number of hydrogen-bond donors (Lipinski definition) is 0. The molecule has 0 saturated heterocycles. The number of rotatable bonds is 4. The Bertz CT molecular complexity index is 557. The van der Waals surface area contributed by atoms with Crippen LogP contribution in [0.1, 0.15) is 30.7 Å². The molecule has 1 aromatic heterocycles. The van der Waals surface area contributed by atoms with Crippen LogP contribution in [0.25, 0.3) is 0 Å². The third-order valence-electron chi connectivity index (χ3n) is 2.96. The van der Waals surface area contributed by atoms with Gasteiger partial charge in [0.1, 0.15) is 0 Å². The van der Waals surface area contributed by atoms with Crippen LogP contribution in [0.15, 0.2) is 47.6 Å². The van der Waals surface area contributed by atoms with Gasteiger partial charge in [0.25, 0.3) is 0 Å². The SMILES string of the molecule is Cc1cccc(CC(C)C)c1N=Cc1ccccn1. The van der Waals surface area contributed by atoms with Gasteiger partial charge in [-0.3, -0.25) is 9.98 Å². The van der Waals surface area contributed by atoms with E-state index in [4.69, 9.17) is 0 Å². The summed E-state index contributed by atoms with van der Waals surface area (Å²) in [6.07, 6.45) is 4.68. The topological polar surface area (TPSA) is 25.2 Å². The van der Waals surface area contributed by atoms with Crippen molar-refractivity contribution in [3.05, 3.63) is 59.4 Å². The number of nitrogens with zero attached hydrogens (tertiary/aromatic N) is 2. The van der Waals surface area contributed by atoms with Gasteiger partial charge in [-0.2, -0.15) is 0 Å². The second-order valence-corrected chi connectivity index (χ2v) is 5.19. The molecule has 0 saturated carbocycles. The monoisotopic (exact) mass is 252 g/mol. The fraction of sp³-hybridized carbons (Fsp3) is 0.294. The highest BCUT2D eigenvalue weighted by atomic mass is 14.8. The van der Waals surface area contributed by atoms with Gasteiger partial charge in [0.05, 0.1) is 17.6 Å². The van der Waals surface area contributed by atoms with Crippen LogP contribution in [0, 0.1) is 12.8 Å². The molecule has 0 amide bonds. The van der Waals surface area contributed by atoms with Crippen LogP contribution in [0.4, 0.5) is 5.69 Å². The molecule has 0 bridgehead atoms. The molecular formula is C17H20N2. The zero-order chi connectivity index (χ0) is 13.7. The van der Waals surface area contributed by atoms with Crippen molar-refractivity contribution in [2.75, 3.05) is 0 Å². The quantitative estimate of drug-likeness (QED) is 0.743. The zero-order valence-electron chi connectivity index (χ0n) is 11.8. The van der Waals surface area contributed by atoms with Crippen molar-refractivity contribution in [1.82, 2.24) is 4.98 Å². The lowest BCUT2D eigenvalue weighted by Gasteiger charge is -2.10. The molecule has 0 unspecified atom stereocenters. The van der Waals surface area contributed by atoms with Crippen LogP contribution < -0.4 is 0 Å². The maximum absolute atomic E-state index is 4.64. The first-order valence-electron chi connectivity index (χ1n) is 6.70. The Labute approximate surface area is 115 Å². The van der Waals surface area contributed by atoms with Gasteiger partial charge in [-0.25, -0.2) is 0 Å². The third-order valence-corrected chi connectivity index (χ3v) is 2.96. The van der Waals surface area contributed by atoms with E-state index in [9.17, 15) is 0 Å². The number of aliphatic imine (C=N–C) groups is 1. The molecule has 1 heterocycles. The van der Waals surface area contributed by atoms with E-state index < -0.39 is 0 Å². The van der Waals surface area contributed by atoms with E-state index in [0.717, 1.165) is 17.8 Å². The lowest BCUT2D eigenvalue weighted by molar-refractivity contribution is 0.647. The second-order valence-electron chi connectivity index (χ2n) is 5.19. The van der Waals surface area contributed by atoms with Gasteiger partial charge in [-0.1, -0.05) is 38.1 Å². The first-order chi connectivity index (χ1) is 9.16. The molecular weight excluding hydrogens is 232 g/mol. The van der Waals surface area contributed by atoms with Gasteiger partial charge in [-0.05, 0) is 42.5 Å². The zero-order valence-corrected chi connectivity index (χ0v) is 11.8. The Balaban J connectivity index is 2.31. The van der Waals surface area contributed by atoms with Gasteiger partial charge in [0.2, 0.25) is 0 Å². The molecule has 0 fully saturated rings. The summed E-state index contributed by atoms with van der Waals surface area (Å²) in [5.41, 5.74) is 4.50. The van der Waals surface area contributed by atoms with Gasteiger partial charge < -0.3 is 0 Å². The van der Waals surface area contributed by atoms with Crippen LogP contribution in [-0.2, 0) is 6.42 Å². The first kappa shape index (κ1) is 13.5. The van der Waals surface area contributed by atoms with Crippen LogP contribution in [0.3, 0.4) is 0 Å². The molecule has 0 aliphatic rings. The van der Waals surface area contributed by atoms with Crippen molar-refractivity contribution in [3.63, 3.8) is 0 Å². The number of hydrogen-bond acceptors (Lipinski definition) is 2. The fourth-order valence-electron chi connectivity index (χ4n) is 2.09. The molecule has 2 nitrogen and oxygen atoms in total. The largest absolute Gasteiger partial charge is 0.255 e. The summed E-state index contributed by atoms with van der Waals surface area (Å²) in [6, 6.07) is 12.2. The summed E-state index contributed by atoms with van der Waals surface area (Å²) in [5.74, 6) is 0.630. The minimum absolute atomic E-state index is 0.630. The Hall–Kier alpha value is -1.96. The van der Waals surface area contributed by atoms with Crippen molar-refractivity contribution in [1.29, 1.82) is 0 Å². The van der Waals surface area contributed by atoms with Crippen LogP contribution >= 0.6 is 0 Å². The molecule has 0 radical (unpaired) electrons. The third kappa shape index (κ3) is 3.75. The smallest absolute Gasteiger partial charge is 0.0812 e. The minimum Gasteiger partial charge on any atom is -0.255 e. The maximum atomic E-state index is 4.64. The molecule has 0 aliphatic heterocycles. The lowest BCUT2D eigenvalue weighted by Crippen LogP contribution is -1.96. The van der Waals surface area contributed by atoms with Crippen molar-refractivity contribution < 1.29 is 0 Å². The highest BCUT2D eigenvalue weighted by Crippen LogP contribution is 2.26. The lowest BCUT2D eigenvalue weighted by atomic mass is 9.99. The minimum atomic E-state index is 0.630. The average molecular weight is 252 g/mol. The predicted molar refractivity (Wildman–Crippen MR) is 81.2 cm³/mol. The summed E-state index contributed by atoms with van der Waals surface area (Å²) in [5, 5.41) is 0. The summed E-state index contributed by atoms with van der Waals surface area (Å²) >= 11 is 0. The molecule has 2 heteroatoms. The van der Waals surface area contributed by atoms with E-state index in [2.05, 4.69) is 48.9 Å².